The maximum Gasteiger partial charge on any atom is 0.224 e. The summed E-state index contributed by atoms with van der Waals surface area (Å²) >= 11 is 5.85. The summed E-state index contributed by atoms with van der Waals surface area (Å²) in [7, 11) is 0. The van der Waals surface area contributed by atoms with Gasteiger partial charge in [-0.05, 0) is 30.7 Å². The van der Waals surface area contributed by atoms with Crippen molar-refractivity contribution in [2.24, 2.45) is 0 Å². The molecule has 0 bridgehead atoms. The zero-order chi connectivity index (χ0) is 11.8. The number of para-hydroxylation sites is 1. The van der Waals surface area contributed by atoms with Gasteiger partial charge in [0, 0.05) is 0 Å². The van der Waals surface area contributed by atoms with Gasteiger partial charge in [-0.25, -0.2) is 4.98 Å². The number of fused-ring (bicyclic) bond motifs is 1. The van der Waals surface area contributed by atoms with Crippen molar-refractivity contribution in [1.29, 1.82) is 0 Å². The highest BCUT2D eigenvalue weighted by Gasteiger charge is 2.11. The van der Waals surface area contributed by atoms with Crippen molar-refractivity contribution in [2.45, 2.75) is 6.92 Å². The lowest BCUT2D eigenvalue weighted by atomic mass is 10.3. The van der Waals surface area contributed by atoms with Gasteiger partial charge in [0.2, 0.25) is 5.28 Å². The highest BCUT2D eigenvalue weighted by Crippen LogP contribution is 2.17. The van der Waals surface area contributed by atoms with E-state index in [-0.39, 0.29) is 5.28 Å². The number of hydrogen-bond donors (Lipinski definition) is 0. The summed E-state index contributed by atoms with van der Waals surface area (Å²) in [6, 6.07) is 9.66. The quantitative estimate of drug-likeness (QED) is 0.617. The minimum atomic E-state index is 0.203. The Kier molecular flexibility index (Phi) is 2.26. The van der Waals surface area contributed by atoms with Gasteiger partial charge in [0.25, 0.3) is 0 Å². The van der Waals surface area contributed by atoms with Crippen LogP contribution < -0.4 is 0 Å². The van der Waals surface area contributed by atoms with Crippen molar-refractivity contribution < 1.29 is 0 Å². The minimum Gasteiger partial charge on any atom is -0.221 e. The van der Waals surface area contributed by atoms with Crippen LogP contribution in [0.15, 0.2) is 30.3 Å². The van der Waals surface area contributed by atoms with Crippen molar-refractivity contribution in [3.63, 3.8) is 0 Å². The van der Waals surface area contributed by atoms with Crippen LogP contribution in [0.1, 0.15) is 5.69 Å². The van der Waals surface area contributed by atoms with E-state index in [0.717, 1.165) is 11.4 Å². The fourth-order valence-electron chi connectivity index (χ4n) is 1.66. The van der Waals surface area contributed by atoms with Crippen LogP contribution in [-0.4, -0.2) is 25.0 Å². The van der Waals surface area contributed by atoms with E-state index in [1.54, 1.807) is 4.68 Å². The fourth-order valence-corrected chi connectivity index (χ4v) is 1.86. The van der Waals surface area contributed by atoms with Crippen LogP contribution in [0.3, 0.4) is 0 Å². The topological polar surface area (TPSA) is 56.5 Å². The molecule has 0 N–H and O–H groups in total. The van der Waals surface area contributed by atoms with Gasteiger partial charge in [0.05, 0.1) is 11.4 Å². The van der Waals surface area contributed by atoms with Gasteiger partial charge in [0.1, 0.15) is 0 Å². The van der Waals surface area contributed by atoms with E-state index in [4.69, 9.17) is 11.6 Å². The van der Waals surface area contributed by atoms with Crippen molar-refractivity contribution in [3.05, 3.63) is 41.3 Å². The van der Waals surface area contributed by atoms with Gasteiger partial charge in [0.15, 0.2) is 11.2 Å². The molecule has 2 heterocycles. The van der Waals surface area contributed by atoms with Gasteiger partial charge in [-0.1, -0.05) is 23.4 Å². The summed E-state index contributed by atoms with van der Waals surface area (Å²) in [4.78, 5) is 8.21. The average molecular weight is 246 g/mol. The lowest BCUT2D eigenvalue weighted by molar-refractivity contribution is 0.817. The molecule has 6 heteroatoms. The number of benzene rings is 1. The van der Waals surface area contributed by atoms with Gasteiger partial charge >= 0.3 is 0 Å². The molecule has 2 aromatic heterocycles. The minimum absolute atomic E-state index is 0.203. The molecule has 0 radical (unpaired) electrons. The molecule has 0 atom stereocenters. The van der Waals surface area contributed by atoms with E-state index >= 15 is 0 Å². The summed E-state index contributed by atoms with van der Waals surface area (Å²) in [5, 5.41) is 8.34. The summed E-state index contributed by atoms with van der Waals surface area (Å²) in [5.41, 5.74) is 2.90. The van der Waals surface area contributed by atoms with Crippen LogP contribution in [0.2, 0.25) is 5.28 Å². The van der Waals surface area contributed by atoms with Crippen molar-refractivity contribution in [1.82, 2.24) is 25.0 Å². The Labute approximate surface area is 102 Å². The van der Waals surface area contributed by atoms with E-state index < -0.39 is 0 Å². The molecule has 0 saturated heterocycles. The second-order valence-electron chi connectivity index (χ2n) is 3.59. The molecule has 0 unspecified atom stereocenters. The normalized spacial score (nSPS) is 10.9. The van der Waals surface area contributed by atoms with Gasteiger partial charge < -0.3 is 0 Å². The predicted octanol–water partition coefficient (Wildman–Crippen LogP) is 2.17. The first-order valence-corrected chi connectivity index (χ1v) is 5.44. The Morgan fingerprint density at radius 2 is 1.88 bits per heavy atom. The highest BCUT2D eigenvalue weighted by molar-refractivity contribution is 6.28. The molecule has 84 valence electrons. The molecule has 17 heavy (non-hydrogen) atoms. The molecule has 0 aliphatic heterocycles. The Hall–Kier alpha value is -2.01. The largest absolute Gasteiger partial charge is 0.224 e. The molecule has 5 nitrogen and oxygen atoms in total. The van der Waals surface area contributed by atoms with E-state index in [0.29, 0.717) is 11.2 Å². The van der Waals surface area contributed by atoms with Gasteiger partial charge in [-0.3, -0.25) is 0 Å². The smallest absolute Gasteiger partial charge is 0.221 e. The zero-order valence-corrected chi connectivity index (χ0v) is 9.76. The Bertz CT molecular complexity index is 677. The zero-order valence-electron chi connectivity index (χ0n) is 9.00. The monoisotopic (exact) mass is 245 g/mol. The second-order valence-corrected chi connectivity index (χ2v) is 3.93. The first-order chi connectivity index (χ1) is 8.25. The van der Waals surface area contributed by atoms with Crippen molar-refractivity contribution >= 4 is 22.8 Å². The number of nitrogens with zero attached hydrogens (tertiary/aromatic N) is 5. The van der Waals surface area contributed by atoms with Crippen LogP contribution in [-0.2, 0) is 0 Å². The molecule has 0 saturated carbocycles. The van der Waals surface area contributed by atoms with Gasteiger partial charge in [-0.2, -0.15) is 9.67 Å². The Morgan fingerprint density at radius 1 is 1.12 bits per heavy atom. The Morgan fingerprint density at radius 3 is 2.65 bits per heavy atom. The number of halogens is 1. The van der Waals surface area contributed by atoms with Crippen LogP contribution >= 0.6 is 11.6 Å². The lowest BCUT2D eigenvalue weighted by Gasteiger charge is -2.01. The molecule has 0 aliphatic carbocycles. The maximum absolute atomic E-state index is 5.85. The molecule has 0 fully saturated rings. The van der Waals surface area contributed by atoms with Crippen molar-refractivity contribution in [3.8, 4) is 5.69 Å². The average Bonchev–Trinajstić information content (AvgIpc) is 2.74. The first kappa shape index (κ1) is 10.2. The number of rotatable bonds is 1. The molecule has 0 amide bonds. The van der Waals surface area contributed by atoms with Crippen LogP contribution in [0, 0.1) is 6.92 Å². The SMILES string of the molecule is Cc1nc(Cl)nc2c1nnn2-c1ccccc1. The predicted molar refractivity (Wildman–Crippen MR) is 64.2 cm³/mol. The molecule has 0 spiro atoms. The van der Waals surface area contributed by atoms with Crippen LogP contribution in [0.4, 0.5) is 0 Å². The second kappa shape index (κ2) is 3.78. The summed E-state index contributed by atoms with van der Waals surface area (Å²) < 4.78 is 1.65. The summed E-state index contributed by atoms with van der Waals surface area (Å²) in [5.74, 6) is 0. The Balaban J connectivity index is 2.32. The summed E-state index contributed by atoms with van der Waals surface area (Å²) in [6.45, 7) is 1.83. The third-order valence-corrected chi connectivity index (χ3v) is 2.62. The van der Waals surface area contributed by atoms with Crippen molar-refractivity contribution in [2.75, 3.05) is 0 Å². The van der Waals surface area contributed by atoms with E-state index in [1.807, 2.05) is 37.3 Å². The van der Waals surface area contributed by atoms with Gasteiger partial charge in [-0.15, -0.1) is 5.10 Å². The first-order valence-electron chi connectivity index (χ1n) is 5.06. The molecule has 3 rings (SSSR count). The molecule has 0 aliphatic rings. The van der Waals surface area contributed by atoms with E-state index in [1.165, 1.54) is 0 Å². The third-order valence-electron chi connectivity index (χ3n) is 2.45. The van der Waals surface area contributed by atoms with Crippen LogP contribution in [0.25, 0.3) is 16.9 Å². The number of hydrogen-bond acceptors (Lipinski definition) is 4. The molecule has 3 aromatic rings. The van der Waals surface area contributed by atoms with E-state index in [2.05, 4.69) is 20.3 Å². The number of aryl methyl sites for hydroxylation is 1. The molecular formula is C11H8ClN5. The standard InChI is InChI=1S/C11H8ClN5/c1-7-9-10(14-11(12)13-7)17(16-15-9)8-5-3-2-4-6-8/h2-6H,1H3. The summed E-state index contributed by atoms with van der Waals surface area (Å²) in [6.07, 6.45) is 0. The van der Waals surface area contributed by atoms with E-state index in [9.17, 15) is 0 Å². The number of aromatic nitrogens is 5. The fraction of sp³-hybridized carbons (Fsp3) is 0.0909. The highest BCUT2D eigenvalue weighted by atomic mass is 35.5. The molecule has 1 aromatic carbocycles. The lowest BCUT2D eigenvalue weighted by Crippen LogP contribution is -1.98. The third kappa shape index (κ3) is 1.64. The maximum atomic E-state index is 5.85. The van der Waals surface area contributed by atoms with Crippen LogP contribution in [0.5, 0.6) is 0 Å². The molecular weight excluding hydrogens is 238 g/mol.